The fourth-order valence-corrected chi connectivity index (χ4v) is 2.18. The molecule has 0 saturated heterocycles. The lowest BCUT2D eigenvalue weighted by Gasteiger charge is -2.17. The Bertz CT molecular complexity index is 534. The van der Waals surface area contributed by atoms with Gasteiger partial charge in [-0.1, -0.05) is 11.6 Å². The summed E-state index contributed by atoms with van der Waals surface area (Å²) in [5.74, 6) is -1.07. The summed E-state index contributed by atoms with van der Waals surface area (Å²) in [5, 5.41) is 8.70. The highest BCUT2D eigenvalue weighted by Gasteiger charge is 2.19. The Balaban J connectivity index is 2.76. The van der Waals surface area contributed by atoms with E-state index in [0.29, 0.717) is 0 Å². The van der Waals surface area contributed by atoms with E-state index in [-0.39, 0.29) is 23.7 Å². The summed E-state index contributed by atoms with van der Waals surface area (Å²) in [6, 6.07) is 1.44. The van der Waals surface area contributed by atoms with Gasteiger partial charge in [0.15, 0.2) is 0 Å². The zero-order chi connectivity index (χ0) is 13.8. The molecule has 1 rings (SSSR count). The van der Waals surface area contributed by atoms with Crippen LogP contribution in [0.4, 0.5) is 5.69 Å². The van der Waals surface area contributed by atoms with Gasteiger partial charge in [0.25, 0.3) is 0 Å². The minimum absolute atomic E-state index is 0.136. The maximum absolute atomic E-state index is 11.8. The predicted octanol–water partition coefficient (Wildman–Crippen LogP) is 0.798. The Kier molecular flexibility index (Phi) is 4.88. The molecule has 0 saturated carbocycles. The number of hydrogen-bond donors (Lipinski definition) is 2. The van der Waals surface area contributed by atoms with Gasteiger partial charge < -0.3 is 5.11 Å². The summed E-state index contributed by atoms with van der Waals surface area (Å²) in [6.07, 6.45) is 2.41. The highest BCUT2D eigenvalue weighted by molar-refractivity contribution is 7.90. The second kappa shape index (κ2) is 5.98. The van der Waals surface area contributed by atoms with Crippen LogP contribution in [0.25, 0.3) is 0 Å². The molecule has 0 radical (unpaired) electrons. The number of anilines is 1. The molecule has 9 heteroatoms. The van der Waals surface area contributed by atoms with Gasteiger partial charge in [0, 0.05) is 19.8 Å². The van der Waals surface area contributed by atoms with Gasteiger partial charge in [0.2, 0.25) is 0 Å². The molecule has 0 aliphatic heterocycles. The summed E-state index contributed by atoms with van der Waals surface area (Å²) in [7, 11) is -2.56. The number of carbonyl (C=O) groups is 1. The van der Waals surface area contributed by atoms with Crippen molar-refractivity contribution in [3.05, 3.63) is 23.5 Å². The molecule has 0 aliphatic carbocycles. The van der Waals surface area contributed by atoms with Gasteiger partial charge in [-0.25, -0.2) is 0 Å². The molecule has 0 atom stereocenters. The van der Waals surface area contributed by atoms with E-state index in [1.807, 2.05) is 0 Å². The van der Waals surface area contributed by atoms with Crippen LogP contribution in [0, 0.1) is 0 Å². The van der Waals surface area contributed by atoms with Gasteiger partial charge in [-0.2, -0.15) is 12.7 Å². The van der Waals surface area contributed by atoms with Crippen LogP contribution in [0.3, 0.4) is 0 Å². The molecule has 18 heavy (non-hydrogen) atoms. The van der Waals surface area contributed by atoms with Crippen molar-refractivity contribution in [3.63, 3.8) is 0 Å². The van der Waals surface area contributed by atoms with Crippen LogP contribution >= 0.6 is 11.6 Å². The molecule has 100 valence electrons. The number of halogens is 1. The van der Waals surface area contributed by atoms with Gasteiger partial charge in [-0.3, -0.25) is 14.5 Å². The minimum Gasteiger partial charge on any atom is -0.481 e. The van der Waals surface area contributed by atoms with Gasteiger partial charge in [-0.05, 0) is 6.07 Å². The third kappa shape index (κ3) is 4.13. The van der Waals surface area contributed by atoms with Crippen molar-refractivity contribution < 1.29 is 18.3 Å². The van der Waals surface area contributed by atoms with Gasteiger partial charge in [-0.15, -0.1) is 0 Å². The number of nitrogens with zero attached hydrogens (tertiary/aromatic N) is 2. The van der Waals surface area contributed by atoms with Gasteiger partial charge in [0.05, 0.1) is 23.3 Å². The third-order valence-electron chi connectivity index (χ3n) is 2.06. The molecule has 0 aliphatic rings. The lowest BCUT2D eigenvalue weighted by molar-refractivity contribution is -0.137. The van der Waals surface area contributed by atoms with Crippen LogP contribution in [0.15, 0.2) is 18.5 Å². The van der Waals surface area contributed by atoms with Crippen LogP contribution in [-0.4, -0.2) is 42.4 Å². The highest BCUT2D eigenvalue weighted by atomic mass is 35.5. The Morgan fingerprint density at radius 1 is 1.61 bits per heavy atom. The van der Waals surface area contributed by atoms with Crippen molar-refractivity contribution in [1.82, 2.24) is 9.29 Å². The van der Waals surface area contributed by atoms with Crippen LogP contribution in [0.5, 0.6) is 0 Å². The number of rotatable bonds is 6. The van der Waals surface area contributed by atoms with Crippen LogP contribution in [0.1, 0.15) is 6.42 Å². The first-order chi connectivity index (χ1) is 8.33. The summed E-state index contributed by atoms with van der Waals surface area (Å²) in [4.78, 5) is 14.1. The quantitative estimate of drug-likeness (QED) is 0.808. The summed E-state index contributed by atoms with van der Waals surface area (Å²) in [6.45, 7) is -0.136. The lowest BCUT2D eigenvalue weighted by atomic mass is 10.4. The van der Waals surface area contributed by atoms with Crippen molar-refractivity contribution in [2.75, 3.05) is 18.3 Å². The summed E-state index contributed by atoms with van der Waals surface area (Å²) in [5.41, 5.74) is 0.140. The average Bonchev–Trinajstić information content (AvgIpc) is 2.28. The number of pyridine rings is 1. The van der Waals surface area contributed by atoms with E-state index in [2.05, 4.69) is 9.71 Å². The number of carboxylic acid groups (broad SMARTS) is 1. The van der Waals surface area contributed by atoms with E-state index in [4.69, 9.17) is 16.7 Å². The second-order valence-electron chi connectivity index (χ2n) is 3.43. The highest BCUT2D eigenvalue weighted by Crippen LogP contribution is 2.20. The Morgan fingerprint density at radius 3 is 2.83 bits per heavy atom. The zero-order valence-electron chi connectivity index (χ0n) is 9.50. The molecule has 1 aromatic rings. The van der Waals surface area contributed by atoms with Crippen molar-refractivity contribution in [3.8, 4) is 0 Å². The fourth-order valence-electron chi connectivity index (χ4n) is 1.04. The van der Waals surface area contributed by atoms with E-state index < -0.39 is 16.2 Å². The molecule has 0 fully saturated rings. The predicted molar refractivity (Wildman–Crippen MR) is 66.7 cm³/mol. The van der Waals surface area contributed by atoms with Crippen molar-refractivity contribution in [1.29, 1.82) is 0 Å². The normalized spacial score (nSPS) is 11.5. The Hall–Kier alpha value is -1.38. The average molecular weight is 294 g/mol. The Labute approximate surface area is 110 Å². The molecule has 0 amide bonds. The molecule has 0 unspecified atom stereocenters. The van der Waals surface area contributed by atoms with Crippen molar-refractivity contribution >= 4 is 33.5 Å². The number of nitrogens with one attached hydrogen (secondary N) is 1. The first kappa shape index (κ1) is 14.7. The van der Waals surface area contributed by atoms with E-state index in [0.717, 1.165) is 4.31 Å². The zero-order valence-corrected chi connectivity index (χ0v) is 11.1. The molecule has 0 spiro atoms. The monoisotopic (exact) mass is 293 g/mol. The molecule has 1 heterocycles. The van der Waals surface area contributed by atoms with Crippen LogP contribution in [-0.2, 0) is 15.0 Å². The van der Waals surface area contributed by atoms with Gasteiger partial charge in [0.1, 0.15) is 0 Å². The summed E-state index contributed by atoms with van der Waals surface area (Å²) < 4.78 is 26.7. The molecular weight excluding hydrogens is 282 g/mol. The maximum atomic E-state index is 11.8. The minimum atomic E-state index is -3.84. The smallest absolute Gasteiger partial charge is 0.304 e. The topological polar surface area (TPSA) is 99.6 Å². The number of aliphatic carboxylic acids is 1. The molecule has 2 N–H and O–H groups in total. The van der Waals surface area contributed by atoms with Crippen LogP contribution in [0.2, 0.25) is 5.02 Å². The molecule has 0 bridgehead atoms. The van der Waals surface area contributed by atoms with E-state index >= 15 is 0 Å². The molecular formula is C9H12ClN3O4S. The fraction of sp³-hybridized carbons (Fsp3) is 0.333. The first-order valence-corrected chi connectivity index (χ1v) is 6.70. The van der Waals surface area contributed by atoms with E-state index in [9.17, 15) is 13.2 Å². The molecule has 0 aromatic carbocycles. The standard InChI is InChI=1S/C9H12ClN3O4S/c1-13(5-3-9(14)15)18(16,17)12-8-6-11-4-2-7(8)10/h2,4,6,12H,3,5H2,1H3,(H,14,15). The third-order valence-corrected chi connectivity index (χ3v) is 3.87. The largest absolute Gasteiger partial charge is 0.481 e. The first-order valence-electron chi connectivity index (χ1n) is 4.88. The van der Waals surface area contributed by atoms with Crippen molar-refractivity contribution in [2.45, 2.75) is 6.42 Å². The van der Waals surface area contributed by atoms with E-state index in [1.54, 1.807) is 0 Å². The summed E-state index contributed by atoms with van der Waals surface area (Å²) >= 11 is 5.78. The number of carboxylic acids is 1. The lowest BCUT2D eigenvalue weighted by Crippen LogP contribution is -2.34. The Morgan fingerprint density at radius 2 is 2.28 bits per heavy atom. The number of aromatic nitrogens is 1. The van der Waals surface area contributed by atoms with Gasteiger partial charge >= 0.3 is 16.2 Å². The second-order valence-corrected chi connectivity index (χ2v) is 5.61. The van der Waals surface area contributed by atoms with Crippen LogP contribution < -0.4 is 4.72 Å². The molecule has 7 nitrogen and oxygen atoms in total. The SMILES string of the molecule is CN(CCC(=O)O)S(=O)(=O)Nc1cnccc1Cl. The maximum Gasteiger partial charge on any atom is 0.304 e. The molecule has 1 aromatic heterocycles. The number of hydrogen-bond acceptors (Lipinski definition) is 4. The van der Waals surface area contributed by atoms with Crippen molar-refractivity contribution in [2.24, 2.45) is 0 Å². The van der Waals surface area contributed by atoms with E-state index in [1.165, 1.54) is 25.5 Å².